The Hall–Kier alpha value is -3.63. The number of amides is 2. The number of primary amides is 1. The Bertz CT molecular complexity index is 1270. The molecule has 2 heterocycles. The molecule has 0 radical (unpaired) electrons. The number of aliphatic hydroxyl groups is 1. The number of aliphatic hydroxyl groups excluding tert-OH is 1. The fraction of sp³-hybridized carbons (Fsp3) is 0.348. The van der Waals surface area contributed by atoms with E-state index in [4.69, 9.17) is 5.73 Å². The van der Waals surface area contributed by atoms with Crippen LogP contribution in [-0.4, -0.2) is 50.7 Å². The maximum atomic E-state index is 14.7. The number of fused-ring (bicyclic) bond motifs is 1. The summed E-state index contributed by atoms with van der Waals surface area (Å²) in [6, 6.07) is 2.22. The minimum absolute atomic E-state index is 0.0468. The van der Waals surface area contributed by atoms with Crippen LogP contribution in [0.2, 0.25) is 0 Å². The standard InChI is InChI=1S/C23H24BF2N5O3/c24-19(32)9-18(21(27)33)30-23(34)16-11-29-31-20(12-4-2-1-3-5-12)15(10-28-22(16)31)14-7-6-13(25)8-17(14)26/h6-8,10-12,18,24,32H,1-5,9H2,(H2,27,33)(H,30,34)/t18-/m0/s1. The van der Waals surface area contributed by atoms with Gasteiger partial charge in [0.15, 0.2) is 0 Å². The first-order valence-corrected chi connectivity index (χ1v) is 11.0. The van der Waals surface area contributed by atoms with Gasteiger partial charge in [-0.25, -0.2) is 8.78 Å². The van der Waals surface area contributed by atoms with Crippen molar-refractivity contribution >= 4 is 30.6 Å². The first kappa shape index (κ1) is 23.5. The van der Waals surface area contributed by atoms with Gasteiger partial charge in [-0.1, -0.05) is 6.42 Å². The van der Waals surface area contributed by atoms with Gasteiger partial charge in [0.25, 0.3) is 0 Å². The Balaban J connectivity index is 1.80. The van der Waals surface area contributed by atoms with Crippen molar-refractivity contribution in [2.24, 2.45) is 5.73 Å². The molecule has 0 aliphatic heterocycles. The molecule has 2 amide bonds. The third kappa shape index (κ3) is 4.68. The summed E-state index contributed by atoms with van der Waals surface area (Å²) in [6.07, 6.45) is 7.38. The van der Waals surface area contributed by atoms with Crippen molar-refractivity contribution in [3.05, 3.63) is 53.5 Å². The predicted octanol–water partition coefficient (Wildman–Crippen LogP) is 2.10. The first-order chi connectivity index (χ1) is 16.3. The molecular weight excluding hydrogens is 443 g/mol. The number of carbonyl (C=O) groups is 2. The predicted molar refractivity (Wildman–Crippen MR) is 123 cm³/mol. The van der Waals surface area contributed by atoms with Crippen LogP contribution in [0.3, 0.4) is 0 Å². The van der Waals surface area contributed by atoms with E-state index < -0.39 is 29.5 Å². The van der Waals surface area contributed by atoms with E-state index in [2.05, 4.69) is 22.9 Å². The zero-order chi connectivity index (χ0) is 24.4. The summed E-state index contributed by atoms with van der Waals surface area (Å²) < 4.78 is 29.8. The molecule has 0 unspecified atom stereocenters. The van der Waals surface area contributed by atoms with E-state index in [1.54, 1.807) is 0 Å². The molecule has 1 saturated carbocycles. The molecule has 11 heteroatoms. The molecule has 0 saturated heterocycles. The average Bonchev–Trinajstić information content (AvgIpc) is 3.22. The van der Waals surface area contributed by atoms with Gasteiger partial charge in [0.05, 0.1) is 0 Å². The van der Waals surface area contributed by atoms with Gasteiger partial charge in [-0.3, -0.25) is 0 Å². The number of aromatic nitrogens is 3. The number of rotatable bonds is 7. The van der Waals surface area contributed by atoms with Crippen LogP contribution >= 0.6 is 0 Å². The molecular formula is C23H24BF2N5O3. The average molecular weight is 467 g/mol. The molecule has 4 N–H and O–H groups in total. The summed E-state index contributed by atoms with van der Waals surface area (Å²) in [7, 11) is 3.33. The summed E-state index contributed by atoms with van der Waals surface area (Å²) in [4.78, 5) is 29.0. The summed E-state index contributed by atoms with van der Waals surface area (Å²) in [5.74, 6) is -2.82. The number of nitrogens with two attached hydrogens (primary N) is 1. The van der Waals surface area contributed by atoms with Crippen LogP contribution in [0.15, 0.2) is 30.6 Å². The van der Waals surface area contributed by atoms with Crippen molar-refractivity contribution in [3.8, 4) is 11.1 Å². The van der Waals surface area contributed by atoms with Crippen molar-refractivity contribution in [2.45, 2.75) is 50.5 Å². The van der Waals surface area contributed by atoms with Crippen LogP contribution in [0.25, 0.3) is 16.8 Å². The van der Waals surface area contributed by atoms with Crippen molar-refractivity contribution in [2.75, 3.05) is 0 Å². The minimum atomic E-state index is -1.16. The van der Waals surface area contributed by atoms with E-state index in [0.29, 0.717) is 11.3 Å². The Labute approximate surface area is 195 Å². The van der Waals surface area contributed by atoms with Crippen LogP contribution in [0.1, 0.15) is 60.5 Å². The second-order valence-corrected chi connectivity index (χ2v) is 8.51. The number of hydrogen-bond donors (Lipinski definition) is 3. The molecule has 4 rings (SSSR count). The molecule has 8 nitrogen and oxygen atoms in total. The Morgan fingerprint density at radius 2 is 1.94 bits per heavy atom. The Kier molecular flexibility index (Phi) is 6.71. The van der Waals surface area contributed by atoms with Crippen LogP contribution < -0.4 is 11.1 Å². The summed E-state index contributed by atoms with van der Waals surface area (Å²) in [5, 5.41) is 16.3. The van der Waals surface area contributed by atoms with Crippen LogP contribution in [0, 0.1) is 11.6 Å². The van der Waals surface area contributed by atoms with Gasteiger partial charge in [0, 0.05) is 6.07 Å². The van der Waals surface area contributed by atoms with Crippen LogP contribution in [0.4, 0.5) is 8.78 Å². The zero-order valence-corrected chi connectivity index (χ0v) is 18.4. The molecule has 0 bridgehead atoms. The molecule has 176 valence electrons. The molecule has 34 heavy (non-hydrogen) atoms. The third-order valence-electron chi connectivity index (χ3n) is 6.11. The van der Waals surface area contributed by atoms with Gasteiger partial charge in [-0.2, -0.15) is 0 Å². The van der Waals surface area contributed by atoms with Gasteiger partial charge in [0.1, 0.15) is 5.82 Å². The van der Waals surface area contributed by atoms with Crippen molar-refractivity contribution in [1.82, 2.24) is 19.9 Å². The summed E-state index contributed by atoms with van der Waals surface area (Å²) in [5.41, 5.74) is 6.74. The molecule has 1 fully saturated rings. The summed E-state index contributed by atoms with van der Waals surface area (Å²) in [6.45, 7) is 0. The van der Waals surface area contributed by atoms with Crippen molar-refractivity contribution < 1.29 is 23.5 Å². The van der Waals surface area contributed by atoms with Crippen molar-refractivity contribution in [1.29, 1.82) is 0 Å². The van der Waals surface area contributed by atoms with Gasteiger partial charge in [-0.15, -0.1) is 0 Å². The number of hydrogen-bond acceptors (Lipinski definition) is 5. The number of nitrogens with zero attached hydrogens (tertiary/aromatic N) is 3. The van der Waals surface area contributed by atoms with Crippen LogP contribution in [0.5, 0.6) is 0 Å². The molecule has 1 aliphatic carbocycles. The Morgan fingerprint density at radius 3 is 2.59 bits per heavy atom. The third-order valence-corrected chi connectivity index (χ3v) is 6.11. The van der Waals surface area contributed by atoms with E-state index in [1.165, 1.54) is 29.0 Å². The van der Waals surface area contributed by atoms with E-state index in [-0.39, 0.29) is 34.8 Å². The molecule has 1 aromatic carbocycles. The second-order valence-electron chi connectivity index (χ2n) is 8.51. The molecule has 1 aliphatic rings. The van der Waals surface area contributed by atoms with E-state index in [9.17, 15) is 23.5 Å². The first-order valence-electron chi connectivity index (χ1n) is 11.0. The molecule has 3 aromatic rings. The second kappa shape index (κ2) is 9.70. The van der Waals surface area contributed by atoms with Gasteiger partial charge < -0.3 is 0 Å². The van der Waals surface area contributed by atoms with E-state index in [1.807, 2.05) is 0 Å². The molecule has 1 atom stereocenters. The molecule has 0 spiro atoms. The van der Waals surface area contributed by atoms with Gasteiger partial charge in [-0.05, 0) is 6.07 Å². The SMILES string of the molecule is B=C(O)C[C@H](NC(=O)c1cnn2c(C3CCCCC3)c(-c3ccc(F)cc3F)cnc12)C(N)=O. The number of nitrogens with one attached hydrogen (secondary N) is 1. The number of halogens is 2. The van der Waals surface area contributed by atoms with Gasteiger partial charge >= 0.3 is 162 Å². The number of carbonyl (C=O) groups excluding carboxylic acids is 2. The van der Waals surface area contributed by atoms with Crippen LogP contribution in [-0.2, 0) is 4.79 Å². The fourth-order valence-electron chi connectivity index (χ4n) is 4.49. The zero-order valence-electron chi connectivity index (χ0n) is 18.4. The maximum absolute atomic E-state index is 14.7. The fourth-order valence-corrected chi connectivity index (χ4v) is 4.49. The number of benzene rings is 1. The van der Waals surface area contributed by atoms with E-state index >= 15 is 0 Å². The summed E-state index contributed by atoms with van der Waals surface area (Å²) >= 11 is 0. The Morgan fingerprint density at radius 1 is 1.21 bits per heavy atom. The normalized spacial score (nSPS) is 15.2. The molecule has 2 aromatic heterocycles. The van der Waals surface area contributed by atoms with Crippen molar-refractivity contribution in [3.63, 3.8) is 0 Å². The quantitative estimate of drug-likeness (QED) is 0.460. The van der Waals surface area contributed by atoms with Gasteiger partial charge in [0.2, 0.25) is 0 Å². The van der Waals surface area contributed by atoms with E-state index in [0.717, 1.165) is 38.2 Å². The monoisotopic (exact) mass is 467 g/mol. The topological polar surface area (TPSA) is 123 Å².